The molecular weight excluding hydrogens is 330 g/mol. The smallest absolute Gasteiger partial charge is 0.289 e. The van der Waals surface area contributed by atoms with Crippen molar-refractivity contribution in [3.63, 3.8) is 0 Å². The number of nitrogens with zero attached hydrogens (tertiary/aromatic N) is 1. The highest BCUT2D eigenvalue weighted by atomic mass is 16.6. The van der Waals surface area contributed by atoms with Gasteiger partial charge in [0.1, 0.15) is 0 Å². The summed E-state index contributed by atoms with van der Waals surface area (Å²) in [6.07, 6.45) is 0.738. The summed E-state index contributed by atoms with van der Waals surface area (Å²) in [6, 6.07) is 17.9. The van der Waals surface area contributed by atoms with Gasteiger partial charge in [-0.2, -0.15) is 0 Å². The van der Waals surface area contributed by atoms with E-state index in [4.69, 9.17) is 13.9 Å². The zero-order valence-corrected chi connectivity index (χ0v) is 14.7. The first-order valence-corrected chi connectivity index (χ1v) is 8.76. The highest BCUT2D eigenvalue weighted by Gasteiger charge is 2.27. The summed E-state index contributed by atoms with van der Waals surface area (Å²) in [6.45, 7) is 1.64. The number of hydrogen-bond donors (Lipinski definition) is 0. The molecule has 3 aromatic rings. The maximum absolute atomic E-state index is 12.7. The van der Waals surface area contributed by atoms with Crippen LogP contribution in [0, 0.1) is 0 Å². The van der Waals surface area contributed by atoms with E-state index in [1.54, 1.807) is 17.0 Å². The van der Waals surface area contributed by atoms with Crippen molar-refractivity contribution >= 4 is 16.7 Å². The number of rotatable bonds is 4. The number of fused-ring (bicyclic) bond motifs is 1. The van der Waals surface area contributed by atoms with Gasteiger partial charge in [-0.25, -0.2) is 0 Å². The average Bonchev–Trinajstić information content (AvgIpc) is 3.17. The van der Waals surface area contributed by atoms with Gasteiger partial charge in [0, 0.05) is 25.6 Å². The minimum absolute atomic E-state index is 0.0321. The summed E-state index contributed by atoms with van der Waals surface area (Å²) >= 11 is 0. The Balaban J connectivity index is 1.49. The fraction of sp³-hybridized carbons (Fsp3) is 0.286. The molecule has 1 atom stereocenters. The molecule has 1 aliphatic rings. The maximum atomic E-state index is 12.7. The lowest BCUT2D eigenvalue weighted by Gasteiger charge is -2.32. The molecule has 0 aliphatic carbocycles. The number of morpholine rings is 1. The topological polar surface area (TPSA) is 51.9 Å². The van der Waals surface area contributed by atoms with Crippen LogP contribution in [0.15, 0.2) is 59.0 Å². The van der Waals surface area contributed by atoms with Gasteiger partial charge in [0.2, 0.25) is 0 Å². The third kappa shape index (κ3) is 3.30. The molecule has 5 heteroatoms. The lowest BCUT2D eigenvalue weighted by molar-refractivity contribution is -0.0217. The molecule has 1 saturated heterocycles. The van der Waals surface area contributed by atoms with Crippen LogP contribution in [0.2, 0.25) is 0 Å². The normalized spacial score (nSPS) is 17.4. The number of furan rings is 1. The van der Waals surface area contributed by atoms with E-state index in [0.717, 1.165) is 6.42 Å². The third-order valence-electron chi connectivity index (χ3n) is 4.75. The van der Waals surface area contributed by atoms with Crippen LogP contribution >= 0.6 is 0 Å². The minimum Gasteiger partial charge on any atom is -0.468 e. The van der Waals surface area contributed by atoms with E-state index in [1.165, 1.54) is 23.4 Å². The first kappa shape index (κ1) is 16.7. The summed E-state index contributed by atoms with van der Waals surface area (Å²) in [5, 5.41) is 2.45. The first-order chi connectivity index (χ1) is 12.7. The van der Waals surface area contributed by atoms with Crippen molar-refractivity contribution in [1.82, 2.24) is 4.90 Å². The molecule has 0 N–H and O–H groups in total. The highest BCUT2D eigenvalue weighted by molar-refractivity contribution is 5.91. The zero-order valence-electron chi connectivity index (χ0n) is 14.7. The molecule has 2 aromatic carbocycles. The standard InChI is InChI=1S/C21H21NO4/c1-24-20-10-9-19(26-20)21(23)22-11-12-25-17(14-22)13-16-7-4-6-15-5-2-3-8-18(15)16/h2-10,17H,11-14H2,1H3/t17-/m0/s1. The SMILES string of the molecule is COc1ccc(C(=O)N2CCO[C@@H](Cc3cccc4ccccc34)C2)o1. The van der Waals surface area contributed by atoms with Crippen molar-refractivity contribution in [2.24, 2.45) is 0 Å². The fourth-order valence-corrected chi connectivity index (χ4v) is 3.44. The predicted molar refractivity (Wildman–Crippen MR) is 98.6 cm³/mol. The van der Waals surface area contributed by atoms with Gasteiger partial charge in [0.25, 0.3) is 11.9 Å². The molecule has 1 amide bonds. The van der Waals surface area contributed by atoms with E-state index in [2.05, 4.69) is 30.3 Å². The second-order valence-electron chi connectivity index (χ2n) is 6.41. The molecule has 0 bridgehead atoms. The number of benzene rings is 2. The van der Waals surface area contributed by atoms with Crippen molar-refractivity contribution in [2.45, 2.75) is 12.5 Å². The molecular formula is C21H21NO4. The van der Waals surface area contributed by atoms with Crippen molar-refractivity contribution < 1.29 is 18.7 Å². The number of methoxy groups -OCH3 is 1. The van der Waals surface area contributed by atoms with E-state index in [9.17, 15) is 4.79 Å². The molecule has 1 fully saturated rings. The zero-order chi connectivity index (χ0) is 17.9. The van der Waals surface area contributed by atoms with Crippen molar-refractivity contribution in [1.29, 1.82) is 0 Å². The van der Waals surface area contributed by atoms with Crippen LogP contribution in [0.1, 0.15) is 16.1 Å². The van der Waals surface area contributed by atoms with Crippen molar-refractivity contribution in [3.05, 3.63) is 65.9 Å². The van der Waals surface area contributed by atoms with Crippen LogP contribution < -0.4 is 4.74 Å². The molecule has 0 saturated carbocycles. The Morgan fingerprint density at radius 2 is 2.00 bits per heavy atom. The second-order valence-corrected chi connectivity index (χ2v) is 6.41. The van der Waals surface area contributed by atoms with Crippen LogP contribution in [0.4, 0.5) is 0 Å². The lowest BCUT2D eigenvalue weighted by Crippen LogP contribution is -2.46. The molecule has 0 spiro atoms. The Morgan fingerprint density at radius 3 is 2.85 bits per heavy atom. The van der Waals surface area contributed by atoms with E-state index >= 15 is 0 Å². The summed E-state index contributed by atoms with van der Waals surface area (Å²) in [7, 11) is 1.52. The van der Waals surface area contributed by atoms with E-state index < -0.39 is 0 Å². The molecule has 4 rings (SSSR count). The van der Waals surface area contributed by atoms with Gasteiger partial charge < -0.3 is 18.8 Å². The van der Waals surface area contributed by atoms with Crippen LogP contribution in [-0.4, -0.2) is 43.7 Å². The van der Waals surface area contributed by atoms with Crippen LogP contribution in [-0.2, 0) is 11.2 Å². The Labute approximate surface area is 152 Å². The predicted octanol–water partition coefficient (Wildman–Crippen LogP) is 3.53. The second kappa shape index (κ2) is 7.22. The molecule has 0 unspecified atom stereocenters. The van der Waals surface area contributed by atoms with Crippen LogP contribution in [0.5, 0.6) is 5.95 Å². The molecule has 1 aromatic heterocycles. The van der Waals surface area contributed by atoms with Gasteiger partial charge in [-0.1, -0.05) is 42.5 Å². The first-order valence-electron chi connectivity index (χ1n) is 8.76. The van der Waals surface area contributed by atoms with Crippen LogP contribution in [0.25, 0.3) is 10.8 Å². The third-order valence-corrected chi connectivity index (χ3v) is 4.75. The maximum Gasteiger partial charge on any atom is 0.289 e. The number of hydrogen-bond acceptors (Lipinski definition) is 4. The van der Waals surface area contributed by atoms with Crippen LogP contribution in [0.3, 0.4) is 0 Å². The monoisotopic (exact) mass is 351 g/mol. The number of ether oxygens (including phenoxy) is 2. The van der Waals surface area contributed by atoms with Gasteiger partial charge >= 0.3 is 0 Å². The van der Waals surface area contributed by atoms with Gasteiger partial charge in [-0.15, -0.1) is 0 Å². The molecule has 0 radical (unpaired) electrons. The van der Waals surface area contributed by atoms with Gasteiger partial charge in [-0.05, 0) is 22.4 Å². The number of carbonyl (C=O) groups is 1. The molecule has 2 heterocycles. The van der Waals surface area contributed by atoms with E-state index in [-0.39, 0.29) is 12.0 Å². The number of carbonyl (C=O) groups excluding carboxylic acids is 1. The van der Waals surface area contributed by atoms with Gasteiger partial charge in [-0.3, -0.25) is 4.79 Å². The van der Waals surface area contributed by atoms with Crippen molar-refractivity contribution in [2.75, 3.05) is 26.8 Å². The van der Waals surface area contributed by atoms with Crippen molar-refractivity contribution in [3.8, 4) is 5.95 Å². The average molecular weight is 351 g/mol. The van der Waals surface area contributed by atoms with Gasteiger partial charge in [0.15, 0.2) is 5.76 Å². The Bertz CT molecular complexity index is 912. The summed E-state index contributed by atoms with van der Waals surface area (Å²) in [5.41, 5.74) is 1.24. The summed E-state index contributed by atoms with van der Waals surface area (Å²) < 4.78 is 16.3. The molecule has 134 valence electrons. The minimum atomic E-state index is -0.125. The largest absolute Gasteiger partial charge is 0.468 e. The Kier molecular flexibility index (Phi) is 4.63. The van der Waals surface area contributed by atoms with Gasteiger partial charge in [0.05, 0.1) is 19.8 Å². The Morgan fingerprint density at radius 1 is 1.15 bits per heavy atom. The van der Waals surface area contributed by atoms with E-state index in [0.29, 0.717) is 31.4 Å². The molecule has 5 nitrogen and oxygen atoms in total. The molecule has 1 aliphatic heterocycles. The fourth-order valence-electron chi connectivity index (χ4n) is 3.44. The quantitative estimate of drug-likeness (QED) is 0.722. The summed E-state index contributed by atoms with van der Waals surface area (Å²) in [5.74, 6) is 0.515. The van der Waals surface area contributed by atoms with E-state index in [1.807, 2.05) is 12.1 Å². The highest BCUT2D eigenvalue weighted by Crippen LogP contribution is 2.23. The number of amides is 1. The Hall–Kier alpha value is -2.79. The molecule has 26 heavy (non-hydrogen) atoms. The lowest BCUT2D eigenvalue weighted by atomic mass is 9.99. The summed E-state index contributed by atoms with van der Waals surface area (Å²) in [4.78, 5) is 14.4.